The van der Waals surface area contributed by atoms with Crippen LogP contribution in [-0.4, -0.2) is 39.2 Å². The third kappa shape index (κ3) is 4.21. The number of nitrogens with zero attached hydrogens (tertiary/aromatic N) is 2. The van der Waals surface area contributed by atoms with Gasteiger partial charge < -0.3 is 20.8 Å². The van der Waals surface area contributed by atoms with Crippen LogP contribution in [0, 0.1) is 20.2 Å². The molecule has 0 heterocycles. The lowest BCUT2D eigenvalue weighted by Gasteiger charge is -2.11. The molecule has 0 aliphatic rings. The number of hydrogen-bond acceptors (Lipinski definition) is 8. The minimum Gasteiger partial charge on any atom is -0.478 e. The molecule has 0 radical (unpaired) electrons. The van der Waals surface area contributed by atoms with Gasteiger partial charge in [0.15, 0.2) is 0 Å². The van der Waals surface area contributed by atoms with Crippen molar-refractivity contribution in [1.29, 1.82) is 0 Å². The molecule has 26 heavy (non-hydrogen) atoms. The number of carbonyl (C=O) groups is 1. The average Bonchev–Trinajstić information content (AvgIpc) is 2.60. The van der Waals surface area contributed by atoms with Gasteiger partial charge in [-0.2, -0.15) is 0 Å². The lowest BCUT2D eigenvalue weighted by molar-refractivity contribution is -0.384. The number of nitrogens with one attached hydrogen (secondary N) is 2. The molecule has 0 saturated carbocycles. The summed E-state index contributed by atoms with van der Waals surface area (Å²) in [5.74, 6) is -1.38. The zero-order valence-corrected chi connectivity index (χ0v) is 13.2. The van der Waals surface area contributed by atoms with E-state index >= 15 is 0 Å². The molecule has 0 fully saturated rings. The van der Waals surface area contributed by atoms with Crippen LogP contribution in [0.15, 0.2) is 36.4 Å². The summed E-state index contributed by atoms with van der Waals surface area (Å²) in [4.78, 5) is 32.0. The van der Waals surface area contributed by atoms with E-state index in [0.717, 1.165) is 12.1 Å². The molecule has 0 amide bonds. The van der Waals surface area contributed by atoms with E-state index in [1.807, 2.05) is 0 Å². The maximum Gasteiger partial charge on any atom is 0.338 e. The first-order valence-electron chi connectivity index (χ1n) is 7.25. The lowest BCUT2D eigenvalue weighted by atomic mass is 10.1. The molecular weight excluding hydrogens is 348 g/mol. The Morgan fingerprint density at radius 1 is 1.04 bits per heavy atom. The Morgan fingerprint density at radius 2 is 1.73 bits per heavy atom. The summed E-state index contributed by atoms with van der Waals surface area (Å²) in [6.45, 7) is -0.0823. The van der Waals surface area contributed by atoms with Crippen LogP contribution in [0.3, 0.4) is 0 Å². The number of aromatic carboxylic acids is 1. The van der Waals surface area contributed by atoms with Crippen LogP contribution < -0.4 is 10.6 Å². The standard InChI is InChI=1S/C15H14N4O7/c20-6-5-16-13-3-1-9(7-14(13)19(25)26)17-12-4-2-10(18(23)24)8-11(12)15(21)22/h1-4,7-8,16-17,20H,5-6H2,(H,21,22). The molecule has 0 aliphatic carbocycles. The van der Waals surface area contributed by atoms with Crippen LogP contribution in [0.5, 0.6) is 0 Å². The van der Waals surface area contributed by atoms with E-state index in [1.165, 1.54) is 24.3 Å². The van der Waals surface area contributed by atoms with Crippen molar-refractivity contribution in [1.82, 2.24) is 0 Å². The van der Waals surface area contributed by atoms with Crippen molar-refractivity contribution in [2.75, 3.05) is 23.8 Å². The molecule has 0 atom stereocenters. The molecule has 2 aromatic carbocycles. The minimum absolute atomic E-state index is 0.0495. The molecule has 2 rings (SSSR count). The molecule has 0 unspecified atom stereocenters. The highest BCUT2D eigenvalue weighted by molar-refractivity contribution is 5.96. The highest BCUT2D eigenvalue weighted by Crippen LogP contribution is 2.31. The van der Waals surface area contributed by atoms with Crippen molar-refractivity contribution in [2.45, 2.75) is 0 Å². The van der Waals surface area contributed by atoms with Crippen LogP contribution in [0.2, 0.25) is 0 Å². The summed E-state index contributed by atoms with van der Waals surface area (Å²) < 4.78 is 0. The van der Waals surface area contributed by atoms with Crippen molar-refractivity contribution in [3.8, 4) is 0 Å². The van der Waals surface area contributed by atoms with E-state index in [0.29, 0.717) is 0 Å². The van der Waals surface area contributed by atoms with E-state index in [-0.39, 0.29) is 47.2 Å². The van der Waals surface area contributed by atoms with Crippen LogP contribution >= 0.6 is 0 Å². The maximum atomic E-state index is 11.3. The fourth-order valence-corrected chi connectivity index (χ4v) is 2.19. The number of nitro groups is 2. The predicted molar refractivity (Wildman–Crippen MR) is 92.0 cm³/mol. The Labute approximate surface area is 146 Å². The Bertz CT molecular complexity index is 869. The number of non-ortho nitro benzene ring substituents is 1. The first-order valence-corrected chi connectivity index (χ1v) is 7.25. The fraction of sp³-hybridized carbons (Fsp3) is 0.133. The maximum absolute atomic E-state index is 11.3. The zero-order valence-electron chi connectivity index (χ0n) is 13.2. The molecule has 0 saturated heterocycles. The zero-order chi connectivity index (χ0) is 19.3. The first-order chi connectivity index (χ1) is 12.3. The topological polar surface area (TPSA) is 168 Å². The van der Waals surface area contributed by atoms with Crippen molar-refractivity contribution < 1.29 is 24.9 Å². The molecule has 4 N–H and O–H groups in total. The minimum atomic E-state index is -1.38. The van der Waals surface area contributed by atoms with Gasteiger partial charge >= 0.3 is 5.97 Å². The second kappa shape index (κ2) is 7.90. The highest BCUT2D eigenvalue weighted by atomic mass is 16.6. The number of benzene rings is 2. The van der Waals surface area contributed by atoms with Crippen LogP contribution in [-0.2, 0) is 0 Å². The number of nitro benzene ring substituents is 2. The van der Waals surface area contributed by atoms with E-state index < -0.39 is 15.8 Å². The van der Waals surface area contributed by atoms with E-state index in [4.69, 9.17) is 5.11 Å². The van der Waals surface area contributed by atoms with Gasteiger partial charge in [-0.05, 0) is 18.2 Å². The Kier molecular flexibility index (Phi) is 5.65. The van der Waals surface area contributed by atoms with Gasteiger partial charge in [-0.3, -0.25) is 20.2 Å². The van der Waals surface area contributed by atoms with Gasteiger partial charge in [0.2, 0.25) is 0 Å². The SMILES string of the molecule is O=C(O)c1cc([N+](=O)[O-])ccc1Nc1ccc(NCCO)c([N+](=O)[O-])c1. The molecule has 136 valence electrons. The summed E-state index contributed by atoms with van der Waals surface area (Å²) in [6, 6.07) is 7.30. The normalized spacial score (nSPS) is 10.2. The highest BCUT2D eigenvalue weighted by Gasteiger charge is 2.18. The van der Waals surface area contributed by atoms with E-state index in [2.05, 4.69) is 10.6 Å². The van der Waals surface area contributed by atoms with Gasteiger partial charge in [-0.25, -0.2) is 4.79 Å². The number of rotatable bonds is 8. The molecule has 0 spiro atoms. The molecule has 2 aromatic rings. The van der Waals surface area contributed by atoms with Crippen molar-refractivity contribution >= 4 is 34.4 Å². The molecule has 0 bridgehead atoms. The number of anilines is 3. The third-order valence-electron chi connectivity index (χ3n) is 3.35. The number of aliphatic hydroxyl groups excluding tert-OH is 1. The average molecular weight is 362 g/mol. The smallest absolute Gasteiger partial charge is 0.338 e. The van der Waals surface area contributed by atoms with Gasteiger partial charge in [0.25, 0.3) is 11.4 Å². The summed E-state index contributed by atoms with van der Waals surface area (Å²) in [5, 5.41) is 45.4. The van der Waals surface area contributed by atoms with Crippen molar-refractivity contribution in [2.24, 2.45) is 0 Å². The van der Waals surface area contributed by atoms with Gasteiger partial charge in [0, 0.05) is 30.4 Å². The molecule has 11 nitrogen and oxygen atoms in total. The largest absolute Gasteiger partial charge is 0.478 e. The number of hydrogen-bond donors (Lipinski definition) is 4. The van der Waals surface area contributed by atoms with Crippen molar-refractivity contribution in [3.05, 3.63) is 62.2 Å². The fourth-order valence-electron chi connectivity index (χ4n) is 2.19. The number of carboxylic acids is 1. The molecular formula is C15H14N4O7. The van der Waals surface area contributed by atoms with Gasteiger partial charge in [-0.15, -0.1) is 0 Å². The van der Waals surface area contributed by atoms with Crippen LogP contribution in [0.1, 0.15) is 10.4 Å². The first kappa shape index (κ1) is 18.6. The van der Waals surface area contributed by atoms with Crippen LogP contribution in [0.25, 0.3) is 0 Å². The van der Waals surface area contributed by atoms with Gasteiger partial charge in [0.05, 0.1) is 27.7 Å². The summed E-state index contributed by atoms with van der Waals surface area (Å²) in [6.07, 6.45) is 0. The Balaban J connectivity index is 2.39. The van der Waals surface area contributed by atoms with E-state index in [9.17, 15) is 30.1 Å². The second-order valence-corrected chi connectivity index (χ2v) is 5.06. The Hall–Kier alpha value is -3.73. The van der Waals surface area contributed by atoms with Gasteiger partial charge in [-0.1, -0.05) is 0 Å². The molecule has 11 heteroatoms. The molecule has 0 aliphatic heterocycles. The molecule has 0 aromatic heterocycles. The van der Waals surface area contributed by atoms with Crippen LogP contribution in [0.4, 0.5) is 28.4 Å². The summed E-state index contributed by atoms with van der Waals surface area (Å²) >= 11 is 0. The monoisotopic (exact) mass is 362 g/mol. The van der Waals surface area contributed by atoms with Gasteiger partial charge in [0.1, 0.15) is 5.69 Å². The number of carboxylic acid groups (broad SMARTS) is 1. The summed E-state index contributed by atoms with van der Waals surface area (Å²) in [7, 11) is 0. The van der Waals surface area contributed by atoms with E-state index in [1.54, 1.807) is 0 Å². The van der Waals surface area contributed by atoms with Crippen molar-refractivity contribution in [3.63, 3.8) is 0 Å². The Morgan fingerprint density at radius 3 is 2.31 bits per heavy atom. The third-order valence-corrected chi connectivity index (χ3v) is 3.35. The quantitative estimate of drug-likeness (QED) is 0.407. The predicted octanol–water partition coefficient (Wildman–Crippen LogP) is 2.35. The number of aliphatic hydroxyl groups is 1. The summed E-state index contributed by atoms with van der Waals surface area (Å²) in [5.41, 5.74) is -0.540. The second-order valence-electron chi connectivity index (χ2n) is 5.06. The lowest BCUT2D eigenvalue weighted by Crippen LogP contribution is -2.08.